The van der Waals surface area contributed by atoms with Crippen LogP contribution in [0.3, 0.4) is 0 Å². The first-order valence-corrected chi connectivity index (χ1v) is 12.4. The van der Waals surface area contributed by atoms with E-state index in [9.17, 15) is 4.79 Å². The Balaban J connectivity index is 1.36. The zero-order valence-corrected chi connectivity index (χ0v) is 20.8. The van der Waals surface area contributed by atoms with Crippen LogP contribution in [0.2, 0.25) is 10.0 Å². The van der Waals surface area contributed by atoms with E-state index >= 15 is 0 Å². The molecule has 8 nitrogen and oxygen atoms in total. The molecule has 0 bridgehead atoms. The van der Waals surface area contributed by atoms with Gasteiger partial charge in [0.2, 0.25) is 0 Å². The first-order chi connectivity index (χ1) is 16.5. The number of alkyl halides is 1. The minimum Gasteiger partial charge on any atom is -0.421 e. The molecule has 0 aliphatic carbocycles. The van der Waals surface area contributed by atoms with Crippen LogP contribution in [0, 0.1) is 0 Å². The smallest absolute Gasteiger partial charge is 0.295 e. The fraction of sp³-hybridized carbons (Fsp3) is 0.435. The number of amides is 1. The topological polar surface area (TPSA) is 83.7 Å². The van der Waals surface area contributed by atoms with Gasteiger partial charge in [0.05, 0.1) is 31.6 Å². The van der Waals surface area contributed by atoms with Gasteiger partial charge in [0, 0.05) is 35.6 Å². The maximum absolute atomic E-state index is 13.5. The van der Waals surface area contributed by atoms with Gasteiger partial charge in [-0.1, -0.05) is 23.2 Å². The summed E-state index contributed by atoms with van der Waals surface area (Å²) in [5.41, 5.74) is 4.06. The summed E-state index contributed by atoms with van der Waals surface area (Å²) < 4.78 is 11.8. The van der Waals surface area contributed by atoms with Gasteiger partial charge in [0.25, 0.3) is 11.9 Å². The third-order valence-corrected chi connectivity index (χ3v) is 7.02. The molecule has 1 amide bonds. The number of benzene rings is 1. The van der Waals surface area contributed by atoms with Gasteiger partial charge in [-0.2, -0.15) is 4.98 Å². The number of fused-ring (bicyclic) bond motifs is 2. The van der Waals surface area contributed by atoms with Crippen LogP contribution in [-0.2, 0) is 16.0 Å². The summed E-state index contributed by atoms with van der Waals surface area (Å²) in [4.78, 5) is 26.2. The third kappa shape index (κ3) is 4.40. The number of ether oxygens (including phenoxy) is 1. The fourth-order valence-corrected chi connectivity index (χ4v) is 5.49. The van der Waals surface area contributed by atoms with Crippen LogP contribution in [0.25, 0.3) is 11.1 Å². The second kappa shape index (κ2) is 9.77. The van der Waals surface area contributed by atoms with Crippen molar-refractivity contribution in [3.63, 3.8) is 0 Å². The van der Waals surface area contributed by atoms with Crippen molar-refractivity contribution in [2.45, 2.75) is 25.5 Å². The molecule has 1 N–H and O–H groups in total. The zero-order chi connectivity index (χ0) is 23.8. The van der Waals surface area contributed by atoms with E-state index in [0.717, 1.165) is 16.8 Å². The second-order valence-electron chi connectivity index (χ2n) is 8.37. The largest absolute Gasteiger partial charge is 0.421 e. The molecule has 4 heterocycles. The minimum absolute atomic E-state index is 0.0592. The molecule has 2 atom stereocenters. The van der Waals surface area contributed by atoms with Gasteiger partial charge in [-0.05, 0) is 36.6 Å². The molecular weight excluding hydrogens is 501 g/mol. The average Bonchev–Trinajstić information content (AvgIpc) is 3.25. The molecule has 5 rings (SSSR count). The number of nitrogens with zero attached hydrogens (tertiary/aromatic N) is 4. The minimum atomic E-state index is -0.615. The molecular formula is C23H24Cl3N5O3. The van der Waals surface area contributed by atoms with Crippen LogP contribution in [0.4, 0.5) is 11.7 Å². The van der Waals surface area contributed by atoms with Crippen LogP contribution in [0.1, 0.15) is 24.1 Å². The van der Waals surface area contributed by atoms with Gasteiger partial charge in [-0.15, -0.1) is 11.6 Å². The van der Waals surface area contributed by atoms with Gasteiger partial charge >= 0.3 is 0 Å². The summed E-state index contributed by atoms with van der Waals surface area (Å²) in [7, 11) is 0. The molecule has 2 aromatic heterocycles. The second-order valence-corrected chi connectivity index (χ2v) is 9.59. The van der Waals surface area contributed by atoms with E-state index in [-0.39, 0.29) is 11.9 Å². The van der Waals surface area contributed by atoms with E-state index in [0.29, 0.717) is 72.2 Å². The molecule has 2 aliphatic rings. The van der Waals surface area contributed by atoms with Crippen molar-refractivity contribution in [1.29, 1.82) is 0 Å². The Morgan fingerprint density at radius 1 is 1.26 bits per heavy atom. The molecule has 11 heteroatoms. The van der Waals surface area contributed by atoms with Crippen molar-refractivity contribution in [3.05, 3.63) is 45.7 Å². The van der Waals surface area contributed by atoms with Crippen molar-refractivity contribution in [1.82, 2.24) is 14.9 Å². The number of carbonyl (C=O) groups is 1. The lowest BCUT2D eigenvalue weighted by Crippen LogP contribution is -2.53. The summed E-state index contributed by atoms with van der Waals surface area (Å²) >= 11 is 18.4. The molecule has 34 heavy (non-hydrogen) atoms. The molecule has 0 saturated carbocycles. The van der Waals surface area contributed by atoms with E-state index in [1.165, 1.54) is 0 Å². The van der Waals surface area contributed by atoms with Crippen molar-refractivity contribution in [2.75, 3.05) is 48.9 Å². The number of morpholine rings is 1. The highest BCUT2D eigenvalue weighted by atomic mass is 35.5. The number of hydrogen-bond acceptors (Lipinski definition) is 7. The highest BCUT2D eigenvalue weighted by molar-refractivity contribution is 6.35. The van der Waals surface area contributed by atoms with E-state index in [1.54, 1.807) is 18.5 Å². The summed E-state index contributed by atoms with van der Waals surface area (Å²) in [5.74, 6) is 0.380. The van der Waals surface area contributed by atoms with Crippen molar-refractivity contribution >= 4 is 63.5 Å². The molecule has 0 radical (unpaired) electrons. The van der Waals surface area contributed by atoms with E-state index in [1.807, 2.05) is 17.9 Å². The Labute approximate surface area is 212 Å². The third-order valence-electron chi connectivity index (χ3n) is 6.30. The molecule has 1 aromatic carbocycles. The molecule has 3 aromatic rings. The predicted octanol–water partition coefficient (Wildman–Crippen LogP) is 4.53. The maximum Gasteiger partial charge on any atom is 0.295 e. The van der Waals surface area contributed by atoms with Crippen LogP contribution in [-0.4, -0.2) is 65.5 Å². The highest BCUT2D eigenvalue weighted by Gasteiger charge is 2.36. The van der Waals surface area contributed by atoms with Gasteiger partial charge in [0.15, 0.2) is 11.7 Å². The molecule has 2 aliphatic heterocycles. The number of oxazole rings is 1. The van der Waals surface area contributed by atoms with Crippen molar-refractivity contribution in [3.8, 4) is 0 Å². The van der Waals surface area contributed by atoms with Crippen LogP contribution < -0.4 is 10.2 Å². The van der Waals surface area contributed by atoms with E-state index < -0.39 is 6.10 Å². The van der Waals surface area contributed by atoms with Gasteiger partial charge in [-0.25, -0.2) is 0 Å². The summed E-state index contributed by atoms with van der Waals surface area (Å²) in [5, 5.41) is 4.24. The fourth-order valence-electron chi connectivity index (χ4n) is 4.70. The molecule has 0 unspecified atom stereocenters. The summed E-state index contributed by atoms with van der Waals surface area (Å²) in [6, 6.07) is 3.88. The lowest BCUT2D eigenvalue weighted by molar-refractivity contribution is -0.147. The van der Waals surface area contributed by atoms with E-state index in [2.05, 4.69) is 20.2 Å². The maximum atomic E-state index is 13.5. The Kier molecular flexibility index (Phi) is 6.75. The summed E-state index contributed by atoms with van der Waals surface area (Å²) in [6.07, 6.45) is 3.47. The van der Waals surface area contributed by atoms with Gasteiger partial charge in [-0.3, -0.25) is 9.78 Å². The number of anilines is 2. The van der Waals surface area contributed by atoms with E-state index in [4.69, 9.17) is 44.0 Å². The van der Waals surface area contributed by atoms with Crippen LogP contribution >= 0.6 is 34.8 Å². The molecule has 0 spiro atoms. The standard InChI is InChI=1S/C23H24Cl3N5O3/c1-13-20-14(8-15(25)9-16(20)26)2-5-31(13)22(32)19-12-30(6-7-33-19)18-11-27-10-17-21(18)34-23(29-17)28-4-3-24/h8-11,13,19H,2-7,12H2,1H3,(H,28,29)/t13-,19+/m0/s1. The Morgan fingerprint density at radius 3 is 2.94 bits per heavy atom. The predicted molar refractivity (Wildman–Crippen MR) is 133 cm³/mol. The lowest BCUT2D eigenvalue weighted by atomic mass is 9.93. The molecule has 1 fully saturated rings. The van der Waals surface area contributed by atoms with Gasteiger partial charge < -0.3 is 24.3 Å². The quantitative estimate of drug-likeness (QED) is 0.491. The first kappa shape index (κ1) is 23.5. The number of halogens is 3. The Morgan fingerprint density at radius 2 is 2.12 bits per heavy atom. The SMILES string of the molecule is C[C@H]1c2c(Cl)cc(Cl)cc2CCN1C(=O)[C@H]1CN(c2cncc3nc(NCCCl)oc23)CCO1. The summed E-state index contributed by atoms with van der Waals surface area (Å²) in [6.45, 7) is 4.52. The van der Waals surface area contributed by atoms with Crippen LogP contribution in [0.5, 0.6) is 0 Å². The number of nitrogens with one attached hydrogen (secondary N) is 1. The monoisotopic (exact) mass is 523 g/mol. The number of carbonyl (C=O) groups excluding carboxylic acids is 1. The first-order valence-electron chi connectivity index (χ1n) is 11.2. The average molecular weight is 525 g/mol. The number of hydrogen-bond donors (Lipinski definition) is 1. The van der Waals surface area contributed by atoms with Crippen molar-refractivity contribution < 1.29 is 13.9 Å². The Bertz CT molecular complexity index is 1220. The number of aromatic nitrogens is 2. The normalized spacial score (nSPS) is 20.5. The number of rotatable bonds is 5. The number of pyridine rings is 1. The molecule has 1 saturated heterocycles. The zero-order valence-electron chi connectivity index (χ0n) is 18.6. The molecule has 180 valence electrons. The highest BCUT2D eigenvalue weighted by Crippen LogP contribution is 2.38. The lowest BCUT2D eigenvalue weighted by Gasteiger charge is -2.40. The Hall–Kier alpha value is -2.26. The van der Waals surface area contributed by atoms with Gasteiger partial charge in [0.1, 0.15) is 11.2 Å². The van der Waals surface area contributed by atoms with Crippen LogP contribution in [0.15, 0.2) is 28.9 Å². The van der Waals surface area contributed by atoms with Crippen molar-refractivity contribution in [2.24, 2.45) is 0 Å².